The minimum atomic E-state index is -4.45. The third-order valence-electron chi connectivity index (χ3n) is 0.837. The fraction of sp³-hybridized carbons (Fsp3) is 1.00. The van der Waals surface area contributed by atoms with Crippen LogP contribution in [0.5, 0.6) is 0 Å². The van der Waals surface area contributed by atoms with E-state index in [0.29, 0.717) is 6.92 Å². The summed E-state index contributed by atoms with van der Waals surface area (Å²) in [6.45, 7) is 0.507. The van der Waals surface area contributed by atoms with Gasteiger partial charge in [0.1, 0.15) is 6.67 Å². The Labute approximate surface area is 85.6 Å². The number of halogens is 3. The van der Waals surface area contributed by atoms with Gasteiger partial charge >= 0.3 is 7.82 Å². The van der Waals surface area contributed by atoms with Gasteiger partial charge in [-0.1, -0.05) is 0 Å². The Hall–Kier alpha value is 0.450. The summed E-state index contributed by atoms with van der Waals surface area (Å²) in [5.41, 5.74) is 0. The molecule has 0 aromatic rings. The smallest absolute Gasteiger partial charge is 0.302 e. The molecular weight excluding hydrogens is 273 g/mol. The SMILES string of the molecule is Br.CCOP(=O)(O)OC(C)(F)CF. The van der Waals surface area contributed by atoms with Gasteiger partial charge in [0.05, 0.1) is 6.61 Å². The Morgan fingerprint density at radius 2 is 2.08 bits per heavy atom. The highest BCUT2D eigenvalue weighted by Gasteiger charge is 2.35. The topological polar surface area (TPSA) is 55.8 Å². The predicted molar refractivity (Wildman–Crippen MR) is 48.3 cm³/mol. The Kier molecular flexibility index (Phi) is 7.38. The Bertz CT molecular complexity index is 189. The van der Waals surface area contributed by atoms with Crippen molar-refractivity contribution in [2.45, 2.75) is 19.7 Å². The molecule has 0 spiro atoms. The van der Waals surface area contributed by atoms with Crippen molar-refractivity contribution in [3.8, 4) is 0 Å². The zero-order valence-corrected chi connectivity index (χ0v) is 9.81. The van der Waals surface area contributed by atoms with Crippen LogP contribution in [0.2, 0.25) is 0 Å². The summed E-state index contributed by atoms with van der Waals surface area (Å²) in [6, 6.07) is 0. The first-order valence-electron chi connectivity index (χ1n) is 3.26. The van der Waals surface area contributed by atoms with Crippen molar-refractivity contribution >= 4 is 24.8 Å². The summed E-state index contributed by atoms with van der Waals surface area (Å²) in [5.74, 6) is -2.78. The summed E-state index contributed by atoms with van der Waals surface area (Å²) >= 11 is 0. The third kappa shape index (κ3) is 7.52. The van der Waals surface area contributed by atoms with E-state index < -0.39 is 20.4 Å². The van der Waals surface area contributed by atoms with Crippen LogP contribution in [0.1, 0.15) is 13.8 Å². The van der Waals surface area contributed by atoms with Gasteiger partial charge < -0.3 is 4.89 Å². The number of hydrogen-bond acceptors (Lipinski definition) is 3. The molecule has 0 aliphatic rings. The lowest BCUT2D eigenvalue weighted by molar-refractivity contribution is -0.0831. The molecule has 0 heterocycles. The minimum Gasteiger partial charge on any atom is -0.302 e. The van der Waals surface area contributed by atoms with Gasteiger partial charge in [0.15, 0.2) is 0 Å². The van der Waals surface area contributed by atoms with E-state index >= 15 is 0 Å². The molecule has 2 unspecified atom stereocenters. The molecule has 0 amide bonds. The lowest BCUT2D eigenvalue weighted by Crippen LogP contribution is -2.24. The van der Waals surface area contributed by atoms with E-state index in [2.05, 4.69) is 9.05 Å². The van der Waals surface area contributed by atoms with Crippen LogP contribution in [-0.4, -0.2) is 24.0 Å². The van der Waals surface area contributed by atoms with E-state index in [1.165, 1.54) is 6.92 Å². The highest BCUT2D eigenvalue weighted by atomic mass is 79.9. The second kappa shape index (κ2) is 6.03. The van der Waals surface area contributed by atoms with E-state index in [9.17, 15) is 13.3 Å². The fourth-order valence-electron chi connectivity index (χ4n) is 0.454. The third-order valence-corrected chi connectivity index (χ3v) is 2.03. The maximum atomic E-state index is 12.6. The Morgan fingerprint density at radius 1 is 1.62 bits per heavy atom. The molecule has 0 saturated heterocycles. The van der Waals surface area contributed by atoms with Crippen molar-refractivity contribution in [3.05, 3.63) is 0 Å². The first-order chi connectivity index (χ1) is 5.33. The van der Waals surface area contributed by atoms with Crippen LogP contribution < -0.4 is 0 Å². The molecule has 0 aromatic carbocycles. The van der Waals surface area contributed by atoms with E-state index in [-0.39, 0.29) is 23.6 Å². The van der Waals surface area contributed by atoms with Crippen molar-refractivity contribution in [1.29, 1.82) is 0 Å². The van der Waals surface area contributed by atoms with Crippen LogP contribution >= 0.6 is 24.8 Å². The fourth-order valence-corrected chi connectivity index (χ4v) is 1.36. The Morgan fingerprint density at radius 3 is 2.38 bits per heavy atom. The van der Waals surface area contributed by atoms with Crippen molar-refractivity contribution in [2.24, 2.45) is 0 Å². The molecule has 13 heavy (non-hydrogen) atoms. The van der Waals surface area contributed by atoms with Gasteiger partial charge in [-0.2, -0.15) is 0 Å². The van der Waals surface area contributed by atoms with Crippen LogP contribution in [0, 0.1) is 0 Å². The Balaban J connectivity index is 0. The molecule has 82 valence electrons. The summed E-state index contributed by atoms with van der Waals surface area (Å²) in [6.07, 6.45) is 0. The lowest BCUT2D eigenvalue weighted by Gasteiger charge is -2.19. The van der Waals surface area contributed by atoms with Gasteiger partial charge in [-0.05, 0) is 13.8 Å². The molecule has 0 bridgehead atoms. The predicted octanol–water partition coefficient (Wildman–Crippen LogP) is 2.37. The maximum Gasteiger partial charge on any atom is 0.475 e. The second-order valence-electron chi connectivity index (χ2n) is 2.21. The minimum absolute atomic E-state index is 0. The summed E-state index contributed by atoms with van der Waals surface area (Å²) < 4.78 is 43.1. The number of rotatable bonds is 5. The maximum absolute atomic E-state index is 12.6. The van der Waals surface area contributed by atoms with Crippen molar-refractivity contribution < 1.29 is 27.3 Å². The first kappa shape index (κ1) is 15.9. The second-order valence-corrected chi connectivity index (χ2v) is 3.59. The number of phosphoric acid groups is 1. The molecule has 2 atom stereocenters. The molecule has 8 heteroatoms. The molecule has 0 rings (SSSR count). The first-order valence-corrected chi connectivity index (χ1v) is 4.75. The number of phosphoric ester groups is 1. The van der Waals surface area contributed by atoms with E-state index in [4.69, 9.17) is 4.89 Å². The molecule has 0 saturated carbocycles. The van der Waals surface area contributed by atoms with Crippen molar-refractivity contribution in [1.82, 2.24) is 0 Å². The van der Waals surface area contributed by atoms with E-state index in [1.807, 2.05) is 0 Å². The molecule has 0 fully saturated rings. The molecule has 1 N–H and O–H groups in total. The molecule has 0 radical (unpaired) electrons. The van der Waals surface area contributed by atoms with Crippen molar-refractivity contribution in [3.63, 3.8) is 0 Å². The van der Waals surface area contributed by atoms with Crippen LogP contribution in [0.25, 0.3) is 0 Å². The van der Waals surface area contributed by atoms with E-state index in [1.54, 1.807) is 0 Å². The highest BCUT2D eigenvalue weighted by Crippen LogP contribution is 2.47. The van der Waals surface area contributed by atoms with Crippen molar-refractivity contribution in [2.75, 3.05) is 13.3 Å². The van der Waals surface area contributed by atoms with Crippen LogP contribution in [-0.2, 0) is 13.6 Å². The van der Waals surface area contributed by atoms with Gasteiger partial charge in [0.2, 0.25) is 5.85 Å². The summed E-state index contributed by atoms with van der Waals surface area (Å²) in [5, 5.41) is 0. The lowest BCUT2D eigenvalue weighted by atomic mass is 10.4. The van der Waals surface area contributed by atoms with Gasteiger partial charge in [0, 0.05) is 0 Å². The van der Waals surface area contributed by atoms with E-state index in [0.717, 1.165) is 0 Å². The monoisotopic (exact) mass is 284 g/mol. The number of hydrogen-bond donors (Lipinski definition) is 1. The largest absolute Gasteiger partial charge is 0.475 e. The summed E-state index contributed by atoms with van der Waals surface area (Å²) in [7, 11) is -4.45. The van der Waals surface area contributed by atoms with Gasteiger partial charge in [-0.25, -0.2) is 17.9 Å². The van der Waals surface area contributed by atoms with Crippen LogP contribution in [0.4, 0.5) is 8.78 Å². The molecule has 4 nitrogen and oxygen atoms in total. The zero-order valence-electron chi connectivity index (χ0n) is 7.20. The normalized spacial score (nSPS) is 19.8. The van der Waals surface area contributed by atoms with Gasteiger partial charge in [-0.15, -0.1) is 17.0 Å². The van der Waals surface area contributed by atoms with Gasteiger partial charge in [0.25, 0.3) is 0 Å². The number of alkyl halides is 2. The zero-order chi connectivity index (χ0) is 9.83. The molecule has 0 aliphatic carbocycles. The average molecular weight is 285 g/mol. The molecular formula is C5H12BrF2O4P. The quantitative estimate of drug-likeness (QED) is 0.788. The standard InChI is InChI=1S/C5H11F2O4P.BrH/c1-3-10-12(8,9)11-5(2,7)4-6;/h3-4H2,1-2H3,(H,8,9);1H. The molecule has 0 aliphatic heterocycles. The summed E-state index contributed by atoms with van der Waals surface area (Å²) in [4.78, 5) is 8.69. The molecule has 0 aromatic heterocycles. The highest BCUT2D eigenvalue weighted by molar-refractivity contribution is 8.93. The van der Waals surface area contributed by atoms with Crippen LogP contribution in [0.15, 0.2) is 0 Å². The van der Waals surface area contributed by atoms with Gasteiger partial charge in [-0.3, -0.25) is 4.52 Å². The van der Waals surface area contributed by atoms with Crippen LogP contribution in [0.3, 0.4) is 0 Å². The average Bonchev–Trinajstić information content (AvgIpc) is 1.85.